The second-order valence-corrected chi connectivity index (χ2v) is 2.85. The van der Waals surface area contributed by atoms with Crippen LogP contribution in [0.5, 0.6) is 0 Å². The number of ether oxygens (including phenoxy) is 1. The first kappa shape index (κ1) is 9.78. The topological polar surface area (TPSA) is 38.3 Å². The average molecular weight is 163 g/mol. The van der Waals surface area contributed by atoms with Gasteiger partial charge in [-0.15, -0.1) is 11.8 Å². The van der Waals surface area contributed by atoms with E-state index in [0.717, 1.165) is 11.6 Å². The molecule has 0 bridgehead atoms. The highest BCUT2D eigenvalue weighted by Crippen LogP contribution is 1.95. The van der Waals surface area contributed by atoms with Crippen molar-refractivity contribution in [3.05, 3.63) is 0 Å². The van der Waals surface area contributed by atoms with E-state index in [1.807, 2.05) is 7.05 Å². The van der Waals surface area contributed by atoms with Crippen LogP contribution in [0.1, 0.15) is 6.92 Å². The molecular weight excluding hydrogens is 150 g/mol. The minimum Gasteiger partial charge on any atom is -0.465 e. The standard InChI is InChI=1S/C6H13NO2S/c1-6(8)9-3-4-10-5-7-2/h7H,3-5H2,1-2H3. The normalized spacial score (nSPS) is 9.40. The molecule has 0 aromatic heterocycles. The van der Waals surface area contributed by atoms with Crippen LogP contribution in [0, 0.1) is 0 Å². The van der Waals surface area contributed by atoms with Gasteiger partial charge in [0.15, 0.2) is 0 Å². The van der Waals surface area contributed by atoms with Crippen LogP contribution in [0.3, 0.4) is 0 Å². The summed E-state index contributed by atoms with van der Waals surface area (Å²) in [7, 11) is 1.89. The van der Waals surface area contributed by atoms with Crippen molar-refractivity contribution in [2.45, 2.75) is 6.92 Å². The van der Waals surface area contributed by atoms with Gasteiger partial charge < -0.3 is 10.1 Å². The van der Waals surface area contributed by atoms with Crippen molar-refractivity contribution in [1.29, 1.82) is 0 Å². The monoisotopic (exact) mass is 163 g/mol. The highest BCUT2D eigenvalue weighted by molar-refractivity contribution is 7.99. The number of rotatable bonds is 5. The quantitative estimate of drug-likeness (QED) is 0.363. The number of thioether (sulfide) groups is 1. The van der Waals surface area contributed by atoms with Crippen LogP contribution < -0.4 is 5.32 Å². The van der Waals surface area contributed by atoms with Gasteiger partial charge in [0.25, 0.3) is 0 Å². The zero-order chi connectivity index (χ0) is 7.82. The second-order valence-electron chi connectivity index (χ2n) is 1.75. The zero-order valence-electron chi connectivity index (χ0n) is 6.35. The third-order valence-corrected chi connectivity index (χ3v) is 1.73. The van der Waals surface area contributed by atoms with Gasteiger partial charge in [0.2, 0.25) is 0 Å². The van der Waals surface area contributed by atoms with Gasteiger partial charge in [0, 0.05) is 18.6 Å². The predicted molar refractivity (Wildman–Crippen MR) is 43.0 cm³/mol. The van der Waals surface area contributed by atoms with Crippen molar-refractivity contribution < 1.29 is 9.53 Å². The van der Waals surface area contributed by atoms with Crippen molar-refractivity contribution in [3.63, 3.8) is 0 Å². The molecule has 3 nitrogen and oxygen atoms in total. The molecule has 10 heavy (non-hydrogen) atoms. The largest absolute Gasteiger partial charge is 0.465 e. The van der Waals surface area contributed by atoms with Crippen LogP contribution >= 0.6 is 11.8 Å². The third-order valence-electron chi connectivity index (χ3n) is 0.779. The van der Waals surface area contributed by atoms with Crippen molar-refractivity contribution in [1.82, 2.24) is 5.32 Å². The van der Waals surface area contributed by atoms with E-state index in [2.05, 4.69) is 5.32 Å². The fourth-order valence-corrected chi connectivity index (χ4v) is 0.968. The molecule has 0 heterocycles. The molecule has 4 heteroatoms. The van der Waals surface area contributed by atoms with Crippen molar-refractivity contribution in [3.8, 4) is 0 Å². The molecule has 0 rings (SSSR count). The molecule has 0 amide bonds. The van der Waals surface area contributed by atoms with Crippen LogP contribution in [0.25, 0.3) is 0 Å². The van der Waals surface area contributed by atoms with Gasteiger partial charge in [-0.2, -0.15) is 0 Å². The fraction of sp³-hybridized carbons (Fsp3) is 0.833. The van der Waals surface area contributed by atoms with Crippen LogP contribution in [-0.2, 0) is 9.53 Å². The summed E-state index contributed by atoms with van der Waals surface area (Å²) < 4.78 is 4.70. The van der Waals surface area contributed by atoms with Gasteiger partial charge in [-0.25, -0.2) is 0 Å². The van der Waals surface area contributed by atoms with Crippen molar-refractivity contribution >= 4 is 17.7 Å². The number of nitrogens with one attached hydrogen (secondary N) is 1. The summed E-state index contributed by atoms with van der Waals surface area (Å²) in [5, 5.41) is 2.98. The molecule has 0 saturated heterocycles. The molecule has 0 atom stereocenters. The smallest absolute Gasteiger partial charge is 0.302 e. The highest BCUT2D eigenvalue weighted by Gasteiger charge is 1.90. The molecule has 0 aliphatic carbocycles. The summed E-state index contributed by atoms with van der Waals surface area (Å²) in [5.41, 5.74) is 0. The summed E-state index contributed by atoms with van der Waals surface area (Å²) in [5.74, 6) is 1.56. The zero-order valence-corrected chi connectivity index (χ0v) is 7.16. The minimum atomic E-state index is -0.204. The maximum Gasteiger partial charge on any atom is 0.302 e. The summed E-state index contributed by atoms with van der Waals surface area (Å²) in [6, 6.07) is 0. The maximum atomic E-state index is 10.2. The van der Waals surface area contributed by atoms with Gasteiger partial charge in [0.05, 0.1) is 0 Å². The second kappa shape index (κ2) is 6.89. The van der Waals surface area contributed by atoms with Crippen LogP contribution in [-0.4, -0.2) is 31.3 Å². The molecule has 0 fully saturated rings. The Kier molecular flexibility index (Phi) is 6.74. The van der Waals surface area contributed by atoms with E-state index in [1.165, 1.54) is 6.92 Å². The molecule has 0 aliphatic rings. The molecule has 0 aromatic carbocycles. The Hall–Kier alpha value is -0.220. The Bertz CT molecular complexity index is 97.7. The lowest BCUT2D eigenvalue weighted by molar-refractivity contribution is -0.140. The van der Waals surface area contributed by atoms with Gasteiger partial charge in [-0.1, -0.05) is 0 Å². The number of hydrogen-bond acceptors (Lipinski definition) is 4. The Labute approximate surface area is 65.5 Å². The SMILES string of the molecule is CNCSCCOC(C)=O. The summed E-state index contributed by atoms with van der Waals surface area (Å²) in [4.78, 5) is 10.2. The Morgan fingerprint density at radius 1 is 1.70 bits per heavy atom. The average Bonchev–Trinajstić information content (AvgIpc) is 1.87. The molecule has 0 saturated carbocycles. The van der Waals surface area contributed by atoms with Crippen LogP contribution in [0.15, 0.2) is 0 Å². The summed E-state index contributed by atoms with van der Waals surface area (Å²) in [6.07, 6.45) is 0. The van der Waals surface area contributed by atoms with Crippen LogP contribution in [0.4, 0.5) is 0 Å². The highest BCUT2D eigenvalue weighted by atomic mass is 32.2. The molecule has 0 unspecified atom stereocenters. The van der Waals surface area contributed by atoms with E-state index in [0.29, 0.717) is 6.61 Å². The van der Waals surface area contributed by atoms with E-state index in [1.54, 1.807) is 11.8 Å². The maximum absolute atomic E-state index is 10.2. The lowest BCUT2D eigenvalue weighted by atomic mass is 10.8. The molecule has 0 aromatic rings. The lowest BCUT2D eigenvalue weighted by Crippen LogP contribution is -2.07. The fourth-order valence-electron chi connectivity index (χ4n) is 0.419. The van der Waals surface area contributed by atoms with Crippen molar-refractivity contribution in [2.75, 3.05) is 25.3 Å². The first-order valence-corrected chi connectivity index (χ1v) is 4.28. The molecule has 60 valence electrons. The number of carbonyl (C=O) groups excluding carboxylic acids is 1. The van der Waals surface area contributed by atoms with Crippen LogP contribution in [0.2, 0.25) is 0 Å². The lowest BCUT2D eigenvalue weighted by Gasteiger charge is -2.00. The van der Waals surface area contributed by atoms with Crippen molar-refractivity contribution in [2.24, 2.45) is 0 Å². The first-order chi connectivity index (χ1) is 4.77. The van der Waals surface area contributed by atoms with Gasteiger partial charge in [0.1, 0.15) is 6.61 Å². The Morgan fingerprint density at radius 2 is 2.40 bits per heavy atom. The van der Waals surface area contributed by atoms with E-state index in [4.69, 9.17) is 4.74 Å². The first-order valence-electron chi connectivity index (χ1n) is 3.13. The van der Waals surface area contributed by atoms with Gasteiger partial charge in [-0.3, -0.25) is 4.79 Å². The molecule has 0 spiro atoms. The van der Waals surface area contributed by atoms with E-state index in [-0.39, 0.29) is 5.97 Å². The molecule has 0 radical (unpaired) electrons. The summed E-state index contributed by atoms with van der Waals surface area (Å²) >= 11 is 1.71. The van der Waals surface area contributed by atoms with Gasteiger partial charge in [-0.05, 0) is 7.05 Å². The third kappa shape index (κ3) is 7.78. The Balaban J connectivity index is 2.84. The molecule has 0 aliphatic heterocycles. The molecule has 1 N–H and O–H groups in total. The van der Waals surface area contributed by atoms with Gasteiger partial charge >= 0.3 is 5.97 Å². The van der Waals surface area contributed by atoms with E-state index < -0.39 is 0 Å². The number of esters is 1. The number of hydrogen-bond donors (Lipinski definition) is 1. The number of carbonyl (C=O) groups is 1. The Morgan fingerprint density at radius 3 is 2.90 bits per heavy atom. The molecular formula is C6H13NO2S. The minimum absolute atomic E-state index is 0.204. The predicted octanol–water partition coefficient (Wildman–Crippen LogP) is 0.460. The van der Waals surface area contributed by atoms with E-state index in [9.17, 15) is 4.79 Å². The summed E-state index contributed by atoms with van der Waals surface area (Å²) in [6.45, 7) is 1.93. The van der Waals surface area contributed by atoms with E-state index >= 15 is 0 Å².